The molecule has 1 atom stereocenters. The second kappa shape index (κ2) is 9.06. The van der Waals surface area contributed by atoms with Crippen LogP contribution in [0.2, 0.25) is 0 Å². The van der Waals surface area contributed by atoms with Crippen molar-refractivity contribution in [3.8, 4) is 0 Å². The summed E-state index contributed by atoms with van der Waals surface area (Å²) in [6.07, 6.45) is 3.82. The number of hydrogen-bond donors (Lipinski definition) is 3. The molecule has 0 bridgehead atoms. The van der Waals surface area contributed by atoms with Crippen LogP contribution in [-0.4, -0.2) is 39.7 Å². The largest absolute Gasteiger partial charge is 0.396 e. The molecule has 0 fully saturated rings. The third kappa shape index (κ3) is 5.50. The summed E-state index contributed by atoms with van der Waals surface area (Å²) in [6, 6.07) is 0. The van der Waals surface area contributed by atoms with E-state index in [1.54, 1.807) is 0 Å². The summed E-state index contributed by atoms with van der Waals surface area (Å²) in [7, 11) is 0. The minimum atomic E-state index is -0.476. The Morgan fingerprint density at radius 1 is 1.33 bits per heavy atom. The van der Waals surface area contributed by atoms with Gasteiger partial charge in [0.25, 0.3) is 0 Å². The highest BCUT2D eigenvalue weighted by molar-refractivity contribution is 5.69. The summed E-state index contributed by atoms with van der Waals surface area (Å²) in [5.74, 6) is 0.697. The van der Waals surface area contributed by atoms with E-state index in [0.717, 1.165) is 19.3 Å². The molecule has 1 unspecified atom stereocenters. The van der Waals surface area contributed by atoms with Gasteiger partial charge in [-0.3, -0.25) is 10.1 Å². The van der Waals surface area contributed by atoms with Gasteiger partial charge in [0.05, 0.1) is 4.92 Å². The van der Waals surface area contributed by atoms with Gasteiger partial charge < -0.3 is 15.7 Å². The third-order valence-electron chi connectivity index (χ3n) is 3.03. The monoisotopic (exact) mass is 297 g/mol. The molecule has 118 valence electrons. The number of aliphatic hydroxyl groups excluding tert-OH is 1. The van der Waals surface area contributed by atoms with Crippen molar-refractivity contribution >= 4 is 17.3 Å². The maximum Gasteiger partial charge on any atom is 0.353 e. The molecule has 0 amide bonds. The number of nitrogens with zero attached hydrogens (tertiary/aromatic N) is 3. The van der Waals surface area contributed by atoms with Crippen molar-refractivity contribution in [1.82, 2.24) is 9.97 Å². The zero-order valence-electron chi connectivity index (χ0n) is 12.5. The van der Waals surface area contributed by atoms with Gasteiger partial charge in [0.2, 0.25) is 11.6 Å². The first-order valence-corrected chi connectivity index (χ1v) is 7.18. The van der Waals surface area contributed by atoms with Crippen LogP contribution in [0.15, 0.2) is 6.33 Å². The van der Waals surface area contributed by atoms with Gasteiger partial charge in [-0.05, 0) is 25.2 Å². The van der Waals surface area contributed by atoms with Crippen LogP contribution in [0.25, 0.3) is 0 Å². The van der Waals surface area contributed by atoms with E-state index in [4.69, 9.17) is 5.11 Å². The number of aromatic nitrogens is 2. The van der Waals surface area contributed by atoms with Crippen molar-refractivity contribution in [2.75, 3.05) is 30.3 Å². The van der Waals surface area contributed by atoms with Crippen molar-refractivity contribution in [2.24, 2.45) is 5.92 Å². The zero-order valence-corrected chi connectivity index (χ0v) is 12.5. The van der Waals surface area contributed by atoms with Gasteiger partial charge in [0.15, 0.2) is 0 Å². The molecule has 3 N–H and O–H groups in total. The fraction of sp³-hybridized carbons (Fsp3) is 0.692. The molecule has 0 radical (unpaired) electrons. The maximum absolute atomic E-state index is 11.2. The maximum atomic E-state index is 11.2. The van der Waals surface area contributed by atoms with Gasteiger partial charge in [-0.1, -0.05) is 13.8 Å². The molecular formula is C13H23N5O3. The third-order valence-corrected chi connectivity index (χ3v) is 3.03. The van der Waals surface area contributed by atoms with E-state index < -0.39 is 4.92 Å². The van der Waals surface area contributed by atoms with Gasteiger partial charge in [0, 0.05) is 19.7 Å². The van der Waals surface area contributed by atoms with E-state index in [0.29, 0.717) is 13.1 Å². The molecule has 0 aromatic carbocycles. The average molecular weight is 297 g/mol. The molecule has 8 heteroatoms. The van der Waals surface area contributed by atoms with E-state index in [2.05, 4.69) is 20.6 Å². The molecule has 0 spiro atoms. The fourth-order valence-electron chi connectivity index (χ4n) is 1.80. The molecule has 1 aromatic heterocycles. The molecule has 1 rings (SSSR count). The molecule has 1 aromatic rings. The lowest BCUT2D eigenvalue weighted by molar-refractivity contribution is -0.383. The number of hydrogen-bond acceptors (Lipinski definition) is 7. The molecule has 0 saturated heterocycles. The Kier molecular flexibility index (Phi) is 7.38. The van der Waals surface area contributed by atoms with Gasteiger partial charge in [-0.15, -0.1) is 0 Å². The molecule has 8 nitrogen and oxygen atoms in total. The van der Waals surface area contributed by atoms with Crippen molar-refractivity contribution in [2.45, 2.75) is 33.1 Å². The van der Waals surface area contributed by atoms with E-state index >= 15 is 0 Å². The minimum absolute atomic E-state index is 0.124. The van der Waals surface area contributed by atoms with Crippen LogP contribution < -0.4 is 10.6 Å². The van der Waals surface area contributed by atoms with Gasteiger partial charge in [0.1, 0.15) is 6.33 Å². The average Bonchev–Trinajstić information content (AvgIpc) is 2.48. The van der Waals surface area contributed by atoms with Crippen molar-refractivity contribution in [3.05, 3.63) is 16.4 Å². The zero-order chi connectivity index (χ0) is 15.7. The Morgan fingerprint density at radius 3 is 2.48 bits per heavy atom. The predicted octanol–water partition coefficient (Wildman–Crippen LogP) is 2.03. The quantitative estimate of drug-likeness (QED) is 0.344. The fourth-order valence-corrected chi connectivity index (χ4v) is 1.80. The summed E-state index contributed by atoms with van der Waals surface area (Å²) < 4.78 is 0. The van der Waals surface area contributed by atoms with Crippen LogP contribution in [0.4, 0.5) is 17.3 Å². The first kappa shape index (κ1) is 17.1. The van der Waals surface area contributed by atoms with Gasteiger partial charge in [-0.25, -0.2) is 9.97 Å². The smallest absolute Gasteiger partial charge is 0.353 e. The highest BCUT2D eigenvalue weighted by Crippen LogP contribution is 2.28. The molecule has 0 aliphatic carbocycles. The Bertz CT molecular complexity index is 455. The summed E-state index contributed by atoms with van der Waals surface area (Å²) in [5, 5.41) is 26.1. The summed E-state index contributed by atoms with van der Waals surface area (Å²) in [6.45, 7) is 5.26. The topological polar surface area (TPSA) is 113 Å². The van der Waals surface area contributed by atoms with Crippen LogP contribution in [0.1, 0.15) is 33.1 Å². The van der Waals surface area contributed by atoms with E-state index in [1.807, 2.05) is 13.8 Å². The predicted molar refractivity (Wildman–Crippen MR) is 81.4 cm³/mol. The van der Waals surface area contributed by atoms with Gasteiger partial charge in [-0.2, -0.15) is 0 Å². The second-order valence-corrected chi connectivity index (χ2v) is 4.96. The molecule has 0 aliphatic rings. The minimum Gasteiger partial charge on any atom is -0.396 e. The van der Waals surface area contributed by atoms with Crippen LogP contribution in [0, 0.1) is 16.0 Å². The number of rotatable bonds is 10. The van der Waals surface area contributed by atoms with Crippen molar-refractivity contribution < 1.29 is 10.0 Å². The molecule has 0 saturated carbocycles. The van der Waals surface area contributed by atoms with Crippen molar-refractivity contribution in [1.29, 1.82) is 0 Å². The van der Waals surface area contributed by atoms with E-state index in [-0.39, 0.29) is 29.8 Å². The van der Waals surface area contributed by atoms with Gasteiger partial charge >= 0.3 is 5.69 Å². The first-order chi connectivity index (χ1) is 10.1. The first-order valence-electron chi connectivity index (χ1n) is 7.18. The lowest BCUT2D eigenvalue weighted by Crippen LogP contribution is -2.12. The summed E-state index contributed by atoms with van der Waals surface area (Å²) in [4.78, 5) is 18.6. The lowest BCUT2D eigenvalue weighted by Gasteiger charge is -2.10. The number of nitro groups is 1. The highest BCUT2D eigenvalue weighted by atomic mass is 16.6. The van der Waals surface area contributed by atoms with E-state index in [1.165, 1.54) is 6.33 Å². The number of aliphatic hydroxyl groups is 1. The SMILES string of the molecule is CCCNc1ncnc(NCCCC(C)CO)c1[N+](=O)[O-]. The standard InChI is InChI=1S/C13H23N5O3/c1-3-6-14-12-11(18(20)21)13(17-9-16-12)15-7-4-5-10(2)8-19/h9-10,19H,3-8H2,1-2H3,(H2,14,15,16,17). The Hall–Kier alpha value is -1.96. The Morgan fingerprint density at radius 2 is 1.95 bits per heavy atom. The van der Waals surface area contributed by atoms with Crippen LogP contribution in [0.5, 0.6) is 0 Å². The summed E-state index contributed by atoms with van der Waals surface area (Å²) >= 11 is 0. The number of nitrogens with one attached hydrogen (secondary N) is 2. The normalized spacial score (nSPS) is 12.0. The van der Waals surface area contributed by atoms with Crippen LogP contribution >= 0.6 is 0 Å². The number of anilines is 2. The van der Waals surface area contributed by atoms with Crippen LogP contribution in [-0.2, 0) is 0 Å². The van der Waals surface area contributed by atoms with Crippen molar-refractivity contribution in [3.63, 3.8) is 0 Å². The highest BCUT2D eigenvalue weighted by Gasteiger charge is 2.22. The second-order valence-electron chi connectivity index (χ2n) is 4.96. The van der Waals surface area contributed by atoms with Crippen LogP contribution in [0.3, 0.4) is 0 Å². The lowest BCUT2D eigenvalue weighted by atomic mass is 10.1. The molecule has 1 heterocycles. The molecular weight excluding hydrogens is 274 g/mol. The molecule has 0 aliphatic heterocycles. The molecule has 21 heavy (non-hydrogen) atoms. The summed E-state index contributed by atoms with van der Waals surface area (Å²) in [5.41, 5.74) is -0.124. The Labute approximate surface area is 124 Å². The van der Waals surface area contributed by atoms with E-state index in [9.17, 15) is 10.1 Å². The Balaban J connectivity index is 2.70.